The van der Waals surface area contributed by atoms with Crippen LogP contribution < -0.4 is 14.8 Å². The Morgan fingerprint density at radius 2 is 2.17 bits per heavy atom. The molecule has 2 heterocycles. The van der Waals surface area contributed by atoms with Crippen molar-refractivity contribution in [3.05, 3.63) is 54.0 Å². The molecular formula is C17H17NO5. The fourth-order valence-electron chi connectivity index (χ4n) is 2.22. The Hall–Kier alpha value is -2.73. The van der Waals surface area contributed by atoms with E-state index in [4.69, 9.17) is 13.9 Å². The molecule has 2 aromatic rings. The van der Waals surface area contributed by atoms with Crippen molar-refractivity contribution in [2.45, 2.75) is 12.5 Å². The fourth-order valence-corrected chi connectivity index (χ4v) is 2.22. The predicted molar refractivity (Wildman–Crippen MR) is 82.9 cm³/mol. The number of rotatable bonds is 6. The van der Waals surface area contributed by atoms with E-state index in [9.17, 15) is 9.90 Å². The normalized spacial score (nSPS) is 14.1. The summed E-state index contributed by atoms with van der Waals surface area (Å²) in [6.45, 7) is 0.559. The molecule has 0 fully saturated rings. The average Bonchev–Trinajstić information content (AvgIpc) is 3.23. The first-order chi connectivity index (χ1) is 11.2. The van der Waals surface area contributed by atoms with Crippen LogP contribution in [-0.2, 0) is 4.79 Å². The van der Waals surface area contributed by atoms with Crippen LogP contribution in [0.5, 0.6) is 11.5 Å². The number of amides is 1. The minimum Gasteiger partial charge on any atom is -0.465 e. The number of aliphatic hydroxyl groups is 1. The van der Waals surface area contributed by atoms with Gasteiger partial charge in [-0.05, 0) is 42.3 Å². The molecule has 0 spiro atoms. The number of hydrogen-bond acceptors (Lipinski definition) is 5. The lowest BCUT2D eigenvalue weighted by Crippen LogP contribution is -2.23. The van der Waals surface area contributed by atoms with Gasteiger partial charge in [-0.15, -0.1) is 0 Å². The summed E-state index contributed by atoms with van der Waals surface area (Å²) in [5.41, 5.74) is 0.731. The Labute approximate surface area is 133 Å². The van der Waals surface area contributed by atoms with Gasteiger partial charge >= 0.3 is 0 Å². The molecule has 0 radical (unpaired) electrons. The fraction of sp³-hybridized carbons (Fsp3) is 0.235. The van der Waals surface area contributed by atoms with Crippen LogP contribution in [0.25, 0.3) is 6.08 Å². The number of hydrogen-bond donors (Lipinski definition) is 2. The highest BCUT2D eigenvalue weighted by Crippen LogP contribution is 2.34. The van der Waals surface area contributed by atoms with Crippen molar-refractivity contribution in [2.75, 3.05) is 13.3 Å². The smallest absolute Gasteiger partial charge is 0.244 e. The van der Waals surface area contributed by atoms with Crippen LogP contribution >= 0.6 is 0 Å². The summed E-state index contributed by atoms with van der Waals surface area (Å²) in [6.07, 6.45) is 4.24. The third-order valence-electron chi connectivity index (χ3n) is 3.44. The standard InChI is InChI=1S/C17H17NO5/c19-14(12-3-5-15-16(10-12)23-11-22-15)7-8-18-17(20)6-4-13-2-1-9-21-13/h1-6,9-10,14,19H,7-8,11H2,(H,18,20). The molecule has 0 aliphatic carbocycles. The van der Waals surface area contributed by atoms with Crippen LogP contribution in [0.1, 0.15) is 23.8 Å². The quantitative estimate of drug-likeness (QED) is 0.799. The van der Waals surface area contributed by atoms with Crippen molar-refractivity contribution in [3.63, 3.8) is 0 Å². The third-order valence-corrected chi connectivity index (χ3v) is 3.44. The molecule has 0 saturated heterocycles. The minimum absolute atomic E-state index is 0.201. The van der Waals surface area contributed by atoms with E-state index >= 15 is 0 Å². The molecule has 1 atom stereocenters. The zero-order chi connectivity index (χ0) is 16.1. The maximum Gasteiger partial charge on any atom is 0.244 e. The molecule has 6 nitrogen and oxygen atoms in total. The van der Waals surface area contributed by atoms with Crippen molar-refractivity contribution >= 4 is 12.0 Å². The number of carbonyl (C=O) groups is 1. The summed E-state index contributed by atoms with van der Waals surface area (Å²) in [6, 6.07) is 8.82. The molecule has 1 aliphatic heterocycles. The van der Waals surface area contributed by atoms with E-state index in [2.05, 4.69) is 5.32 Å². The van der Waals surface area contributed by atoms with Gasteiger partial charge in [-0.2, -0.15) is 0 Å². The number of furan rings is 1. The number of fused-ring (bicyclic) bond motifs is 1. The molecule has 1 unspecified atom stereocenters. The SMILES string of the molecule is O=C(C=Cc1ccco1)NCCC(O)c1ccc2c(c1)OCO2. The van der Waals surface area contributed by atoms with Crippen molar-refractivity contribution in [2.24, 2.45) is 0 Å². The molecule has 1 amide bonds. The predicted octanol–water partition coefficient (Wildman–Crippen LogP) is 2.26. The van der Waals surface area contributed by atoms with E-state index in [1.165, 1.54) is 6.08 Å². The Bertz CT molecular complexity index is 693. The molecule has 120 valence electrons. The second-order valence-corrected chi connectivity index (χ2v) is 5.06. The number of carbonyl (C=O) groups excluding carboxylic acids is 1. The van der Waals surface area contributed by atoms with E-state index in [-0.39, 0.29) is 12.7 Å². The molecule has 23 heavy (non-hydrogen) atoms. The van der Waals surface area contributed by atoms with Crippen LogP contribution in [0.3, 0.4) is 0 Å². The van der Waals surface area contributed by atoms with Crippen molar-refractivity contribution in [3.8, 4) is 11.5 Å². The second-order valence-electron chi connectivity index (χ2n) is 5.06. The van der Waals surface area contributed by atoms with Crippen LogP contribution in [0.2, 0.25) is 0 Å². The average molecular weight is 315 g/mol. The Morgan fingerprint density at radius 3 is 3.00 bits per heavy atom. The van der Waals surface area contributed by atoms with Gasteiger partial charge in [0.05, 0.1) is 12.4 Å². The highest BCUT2D eigenvalue weighted by molar-refractivity contribution is 5.91. The van der Waals surface area contributed by atoms with Crippen molar-refractivity contribution in [1.82, 2.24) is 5.32 Å². The second kappa shape index (κ2) is 7.02. The molecular weight excluding hydrogens is 298 g/mol. The summed E-state index contributed by atoms with van der Waals surface area (Å²) >= 11 is 0. The lowest BCUT2D eigenvalue weighted by Gasteiger charge is -2.11. The third kappa shape index (κ3) is 3.92. The molecule has 0 saturated carbocycles. The van der Waals surface area contributed by atoms with Crippen molar-refractivity contribution < 1.29 is 23.8 Å². The molecule has 1 aliphatic rings. The Kier molecular flexibility index (Phi) is 4.63. The molecule has 3 rings (SSSR count). The first kappa shape index (κ1) is 15.2. The van der Waals surface area contributed by atoms with Crippen LogP contribution in [0, 0.1) is 0 Å². The van der Waals surface area contributed by atoms with Crippen molar-refractivity contribution in [1.29, 1.82) is 0 Å². The molecule has 6 heteroatoms. The highest BCUT2D eigenvalue weighted by Gasteiger charge is 2.16. The zero-order valence-corrected chi connectivity index (χ0v) is 12.4. The molecule has 2 N–H and O–H groups in total. The van der Waals surface area contributed by atoms with E-state index in [1.807, 2.05) is 0 Å². The first-order valence-corrected chi connectivity index (χ1v) is 7.29. The van der Waals surface area contributed by atoms with Crippen LogP contribution in [0.4, 0.5) is 0 Å². The molecule has 0 bridgehead atoms. The number of ether oxygens (including phenoxy) is 2. The highest BCUT2D eigenvalue weighted by atomic mass is 16.7. The monoisotopic (exact) mass is 315 g/mol. The van der Waals surface area contributed by atoms with E-state index < -0.39 is 6.10 Å². The summed E-state index contributed by atoms with van der Waals surface area (Å²) in [5.74, 6) is 1.68. The van der Waals surface area contributed by atoms with Gasteiger partial charge < -0.3 is 24.3 Å². The maximum absolute atomic E-state index is 11.7. The topological polar surface area (TPSA) is 80.9 Å². The van der Waals surface area contributed by atoms with E-state index in [0.29, 0.717) is 30.2 Å². The van der Waals surface area contributed by atoms with E-state index in [1.54, 1.807) is 42.7 Å². The Balaban J connectivity index is 1.45. The van der Waals surface area contributed by atoms with E-state index in [0.717, 1.165) is 5.56 Å². The summed E-state index contributed by atoms with van der Waals surface area (Å²) in [4.78, 5) is 11.7. The zero-order valence-electron chi connectivity index (χ0n) is 12.4. The maximum atomic E-state index is 11.7. The van der Waals surface area contributed by atoms with Crippen LogP contribution in [-0.4, -0.2) is 24.4 Å². The number of aliphatic hydroxyl groups excluding tert-OH is 1. The summed E-state index contributed by atoms with van der Waals surface area (Å²) in [7, 11) is 0. The van der Waals surface area contributed by atoms with Gasteiger partial charge in [-0.3, -0.25) is 4.79 Å². The summed E-state index contributed by atoms with van der Waals surface area (Å²) < 4.78 is 15.6. The Morgan fingerprint density at radius 1 is 1.30 bits per heavy atom. The van der Waals surface area contributed by atoms with Gasteiger partial charge in [0, 0.05) is 12.6 Å². The summed E-state index contributed by atoms with van der Waals surface area (Å²) in [5, 5.41) is 12.9. The first-order valence-electron chi connectivity index (χ1n) is 7.29. The lowest BCUT2D eigenvalue weighted by molar-refractivity contribution is -0.116. The number of benzene rings is 1. The van der Waals surface area contributed by atoms with Gasteiger partial charge in [0.15, 0.2) is 11.5 Å². The van der Waals surface area contributed by atoms with Gasteiger partial charge in [0.25, 0.3) is 0 Å². The van der Waals surface area contributed by atoms with Gasteiger partial charge in [-0.1, -0.05) is 6.07 Å². The lowest BCUT2D eigenvalue weighted by atomic mass is 10.1. The van der Waals surface area contributed by atoms with Gasteiger partial charge in [0.2, 0.25) is 12.7 Å². The molecule has 1 aromatic heterocycles. The number of nitrogens with one attached hydrogen (secondary N) is 1. The minimum atomic E-state index is -0.682. The largest absolute Gasteiger partial charge is 0.465 e. The van der Waals surface area contributed by atoms with Gasteiger partial charge in [0.1, 0.15) is 5.76 Å². The van der Waals surface area contributed by atoms with Gasteiger partial charge in [-0.25, -0.2) is 0 Å². The molecule has 1 aromatic carbocycles. The van der Waals surface area contributed by atoms with Crippen LogP contribution in [0.15, 0.2) is 47.1 Å².